The van der Waals surface area contributed by atoms with Crippen molar-refractivity contribution in [3.05, 3.63) is 119 Å². The molecule has 0 aliphatic carbocycles. The number of aliphatic hydroxyl groups is 1. The van der Waals surface area contributed by atoms with E-state index in [0.717, 1.165) is 27.9 Å². The summed E-state index contributed by atoms with van der Waals surface area (Å²) in [4.78, 5) is 40.8. The minimum absolute atomic E-state index is 0.0156. The van der Waals surface area contributed by atoms with Crippen LogP contribution in [0.25, 0.3) is 45.1 Å². The monoisotopic (exact) mass is 586 g/mol. The number of hydrogen-bond acceptors (Lipinski definition) is 6. The van der Waals surface area contributed by atoms with Crippen molar-refractivity contribution in [2.75, 3.05) is 26.3 Å². The van der Waals surface area contributed by atoms with Crippen LogP contribution in [0.4, 0.5) is 0 Å². The number of benzene rings is 3. The van der Waals surface area contributed by atoms with E-state index in [9.17, 15) is 14.7 Å². The highest BCUT2D eigenvalue weighted by atomic mass is 16.5. The number of aliphatic hydroxyl groups excluding tert-OH is 1. The van der Waals surface area contributed by atoms with Crippen LogP contribution >= 0.6 is 0 Å². The van der Waals surface area contributed by atoms with Gasteiger partial charge in [-0.2, -0.15) is 0 Å². The van der Waals surface area contributed by atoms with Crippen LogP contribution in [0.5, 0.6) is 0 Å². The molecule has 3 aromatic heterocycles. The fourth-order valence-electron chi connectivity index (χ4n) is 5.67. The molecule has 0 bridgehead atoms. The Bertz CT molecular complexity index is 2030. The van der Waals surface area contributed by atoms with Crippen LogP contribution < -0.4 is 5.69 Å². The molecule has 10 nitrogen and oxygen atoms in total. The second-order valence-electron chi connectivity index (χ2n) is 10.7. The lowest BCUT2D eigenvalue weighted by atomic mass is 9.98. The van der Waals surface area contributed by atoms with Crippen molar-refractivity contribution in [3.63, 3.8) is 0 Å². The summed E-state index contributed by atoms with van der Waals surface area (Å²) in [5.41, 5.74) is 7.03. The average Bonchev–Trinajstić information content (AvgIpc) is 3.68. The SMILES string of the molecule is Cc1ccc(-n2ccn(-c3cccc(-c4ccnc5nc(-c6ccc(C(=O)N7CCOCC7)cc6)[nH]c45)c3CO)c2=O)cc1. The van der Waals surface area contributed by atoms with Gasteiger partial charge in [-0.25, -0.2) is 14.8 Å². The Kier molecular flexibility index (Phi) is 7.13. The Morgan fingerprint density at radius 2 is 1.68 bits per heavy atom. The summed E-state index contributed by atoms with van der Waals surface area (Å²) in [6, 6.07) is 22.6. The zero-order chi connectivity index (χ0) is 30.2. The topological polar surface area (TPSA) is 118 Å². The molecular formula is C34H30N6O4. The van der Waals surface area contributed by atoms with Crippen molar-refractivity contribution < 1.29 is 14.6 Å². The van der Waals surface area contributed by atoms with Crippen molar-refractivity contribution in [1.82, 2.24) is 29.0 Å². The number of carbonyl (C=O) groups excluding carboxylic acids is 1. The van der Waals surface area contributed by atoms with Gasteiger partial charge in [0.2, 0.25) is 0 Å². The smallest absolute Gasteiger partial charge is 0.337 e. The van der Waals surface area contributed by atoms with Crippen molar-refractivity contribution in [1.29, 1.82) is 0 Å². The normalized spacial score (nSPS) is 13.5. The number of H-pyrrole nitrogens is 1. The van der Waals surface area contributed by atoms with Crippen molar-refractivity contribution in [2.45, 2.75) is 13.5 Å². The Balaban J connectivity index is 1.24. The van der Waals surface area contributed by atoms with E-state index in [1.165, 1.54) is 0 Å². The van der Waals surface area contributed by atoms with E-state index in [-0.39, 0.29) is 18.2 Å². The number of fused-ring (bicyclic) bond motifs is 1. The summed E-state index contributed by atoms with van der Waals surface area (Å²) < 4.78 is 8.49. The standard InChI is InChI=1S/C34H30N6O4/c1-22-5-11-25(12-6-22)39-15-16-40(34(39)43)29-4-2-3-26(28(29)21-41)27-13-14-35-32-30(27)36-31(37-32)23-7-9-24(10-8-23)33(42)38-17-19-44-20-18-38/h2-16,41H,17-21H2,1H3,(H,35,36,37). The van der Waals surface area contributed by atoms with Gasteiger partial charge < -0.3 is 19.7 Å². The molecule has 1 amide bonds. The van der Waals surface area contributed by atoms with Crippen molar-refractivity contribution in [2.24, 2.45) is 0 Å². The first-order chi connectivity index (χ1) is 21.5. The van der Waals surface area contributed by atoms with Gasteiger partial charge in [0.25, 0.3) is 5.91 Å². The fraction of sp³-hybridized carbons (Fsp3) is 0.176. The molecule has 1 aliphatic rings. The Hall–Kier alpha value is -5.32. The van der Waals surface area contributed by atoms with Crippen LogP contribution in [0, 0.1) is 6.92 Å². The molecule has 0 atom stereocenters. The number of imidazole rings is 2. The maximum absolute atomic E-state index is 13.5. The number of ether oxygens (including phenoxy) is 1. The molecule has 7 rings (SSSR count). The predicted octanol–water partition coefficient (Wildman–Crippen LogP) is 4.51. The van der Waals surface area contributed by atoms with Gasteiger partial charge in [-0.05, 0) is 48.9 Å². The lowest BCUT2D eigenvalue weighted by Gasteiger charge is -2.26. The highest BCUT2D eigenvalue weighted by Crippen LogP contribution is 2.33. The number of amides is 1. The first kappa shape index (κ1) is 27.5. The molecule has 1 fully saturated rings. The predicted molar refractivity (Wildman–Crippen MR) is 167 cm³/mol. The van der Waals surface area contributed by atoms with Gasteiger partial charge in [-0.3, -0.25) is 13.9 Å². The minimum atomic E-state index is -0.281. The number of nitrogens with one attached hydrogen (secondary N) is 1. The van der Waals surface area contributed by atoms with Crippen LogP contribution in [-0.4, -0.2) is 66.3 Å². The third-order valence-electron chi connectivity index (χ3n) is 8.04. The van der Waals surface area contributed by atoms with Gasteiger partial charge in [0, 0.05) is 53.9 Å². The van der Waals surface area contributed by atoms with E-state index in [1.54, 1.807) is 32.6 Å². The third-order valence-corrected chi connectivity index (χ3v) is 8.04. The highest BCUT2D eigenvalue weighted by Gasteiger charge is 2.20. The number of nitrogens with zero attached hydrogens (tertiary/aromatic N) is 5. The number of hydrogen-bond donors (Lipinski definition) is 2. The molecule has 1 saturated heterocycles. The van der Waals surface area contributed by atoms with Crippen LogP contribution in [0.3, 0.4) is 0 Å². The molecule has 0 radical (unpaired) electrons. The van der Waals surface area contributed by atoms with Crippen LogP contribution in [0.15, 0.2) is 96.2 Å². The van der Waals surface area contributed by atoms with Crippen LogP contribution in [-0.2, 0) is 11.3 Å². The zero-order valence-corrected chi connectivity index (χ0v) is 24.1. The van der Waals surface area contributed by atoms with E-state index in [4.69, 9.17) is 9.72 Å². The van der Waals surface area contributed by atoms with Crippen LogP contribution in [0.1, 0.15) is 21.5 Å². The van der Waals surface area contributed by atoms with Gasteiger partial charge in [0.15, 0.2) is 5.65 Å². The maximum atomic E-state index is 13.5. The molecule has 0 spiro atoms. The Morgan fingerprint density at radius 3 is 2.43 bits per heavy atom. The molecule has 0 saturated carbocycles. The van der Waals surface area contributed by atoms with Gasteiger partial charge in [0.1, 0.15) is 5.82 Å². The summed E-state index contributed by atoms with van der Waals surface area (Å²) in [5.74, 6) is 0.594. The number of carbonyl (C=O) groups is 1. The van der Waals surface area contributed by atoms with Gasteiger partial charge in [0.05, 0.1) is 36.7 Å². The summed E-state index contributed by atoms with van der Waals surface area (Å²) in [5, 5.41) is 10.6. The summed E-state index contributed by atoms with van der Waals surface area (Å²) in [6.45, 7) is 4.00. The maximum Gasteiger partial charge on any atom is 0.337 e. The fourth-order valence-corrected chi connectivity index (χ4v) is 5.67. The third kappa shape index (κ3) is 4.89. The first-order valence-electron chi connectivity index (χ1n) is 14.4. The number of aromatic nitrogens is 5. The molecule has 1 aliphatic heterocycles. The number of morpholine rings is 1. The number of aromatic amines is 1. The molecule has 44 heavy (non-hydrogen) atoms. The van der Waals surface area contributed by atoms with Crippen LogP contribution in [0.2, 0.25) is 0 Å². The van der Waals surface area contributed by atoms with Gasteiger partial charge in [-0.1, -0.05) is 42.0 Å². The largest absolute Gasteiger partial charge is 0.392 e. The lowest BCUT2D eigenvalue weighted by molar-refractivity contribution is 0.0303. The highest BCUT2D eigenvalue weighted by molar-refractivity contribution is 5.95. The molecule has 6 aromatic rings. The second kappa shape index (κ2) is 11.4. The average molecular weight is 587 g/mol. The molecule has 10 heteroatoms. The number of aryl methyl sites for hydroxylation is 1. The van der Waals surface area contributed by atoms with Crippen molar-refractivity contribution >= 4 is 17.1 Å². The summed E-state index contributed by atoms with van der Waals surface area (Å²) in [6.07, 6.45) is 5.12. The van der Waals surface area contributed by atoms with E-state index in [1.807, 2.05) is 79.7 Å². The van der Waals surface area contributed by atoms with E-state index in [2.05, 4.69) is 9.97 Å². The summed E-state index contributed by atoms with van der Waals surface area (Å²) >= 11 is 0. The van der Waals surface area contributed by atoms with Gasteiger partial charge in [-0.15, -0.1) is 0 Å². The first-order valence-corrected chi connectivity index (χ1v) is 14.4. The van der Waals surface area contributed by atoms with E-state index >= 15 is 0 Å². The van der Waals surface area contributed by atoms with E-state index in [0.29, 0.717) is 60.1 Å². The van der Waals surface area contributed by atoms with E-state index < -0.39 is 0 Å². The molecule has 4 heterocycles. The van der Waals surface area contributed by atoms with Crippen molar-refractivity contribution in [3.8, 4) is 33.9 Å². The summed E-state index contributed by atoms with van der Waals surface area (Å²) in [7, 11) is 0. The lowest BCUT2D eigenvalue weighted by Crippen LogP contribution is -2.40. The minimum Gasteiger partial charge on any atom is -0.392 e. The Morgan fingerprint density at radius 1 is 0.932 bits per heavy atom. The zero-order valence-electron chi connectivity index (χ0n) is 24.1. The number of rotatable bonds is 6. The number of pyridine rings is 1. The molecule has 220 valence electrons. The molecule has 0 unspecified atom stereocenters. The molecule has 2 N–H and O–H groups in total. The second-order valence-corrected chi connectivity index (χ2v) is 10.7. The molecular weight excluding hydrogens is 556 g/mol. The quantitative estimate of drug-likeness (QED) is 0.297. The van der Waals surface area contributed by atoms with Gasteiger partial charge >= 0.3 is 5.69 Å². The Labute approximate surface area is 252 Å². The molecule has 3 aromatic carbocycles.